The van der Waals surface area contributed by atoms with E-state index in [0.29, 0.717) is 11.7 Å². The lowest BCUT2D eigenvalue weighted by Gasteiger charge is -2.05. The minimum atomic E-state index is 0.517. The number of hydrogen-bond donors (Lipinski definition) is 0. The zero-order valence-corrected chi connectivity index (χ0v) is 13.1. The maximum Gasteiger partial charge on any atom is 0.223 e. The highest BCUT2D eigenvalue weighted by molar-refractivity contribution is 5.77. The summed E-state index contributed by atoms with van der Waals surface area (Å²) >= 11 is 0. The number of aryl methyl sites for hydroxylation is 3. The van der Waals surface area contributed by atoms with E-state index < -0.39 is 0 Å². The van der Waals surface area contributed by atoms with E-state index in [1.807, 2.05) is 17.5 Å². The average molecular weight is 305 g/mol. The second-order valence-electron chi connectivity index (χ2n) is 5.53. The van der Waals surface area contributed by atoms with E-state index in [4.69, 9.17) is 4.52 Å². The van der Waals surface area contributed by atoms with Crippen LogP contribution in [-0.4, -0.2) is 24.7 Å². The first-order valence-corrected chi connectivity index (χ1v) is 7.35. The molecule has 0 N–H and O–H groups in total. The molecule has 4 aromatic rings. The lowest BCUT2D eigenvalue weighted by Crippen LogP contribution is -1.96. The van der Waals surface area contributed by atoms with Crippen molar-refractivity contribution in [3.63, 3.8) is 0 Å². The van der Waals surface area contributed by atoms with Gasteiger partial charge in [-0.1, -0.05) is 35.0 Å². The van der Waals surface area contributed by atoms with Gasteiger partial charge in [0.1, 0.15) is 0 Å². The predicted molar refractivity (Wildman–Crippen MR) is 85.9 cm³/mol. The lowest BCUT2D eigenvalue weighted by atomic mass is 10.1. The van der Waals surface area contributed by atoms with Crippen LogP contribution in [0.1, 0.15) is 17.1 Å². The SMILES string of the molecule is Cc1ccc(-c2ccnc3c(-c4noc(C)n4)c(C)nn23)cc1. The van der Waals surface area contributed by atoms with Crippen molar-refractivity contribution in [2.24, 2.45) is 0 Å². The van der Waals surface area contributed by atoms with Gasteiger partial charge >= 0.3 is 0 Å². The minimum Gasteiger partial charge on any atom is -0.339 e. The molecule has 23 heavy (non-hydrogen) atoms. The van der Waals surface area contributed by atoms with Gasteiger partial charge in [0, 0.05) is 18.7 Å². The molecule has 0 aliphatic rings. The van der Waals surface area contributed by atoms with E-state index in [2.05, 4.69) is 51.4 Å². The molecule has 0 saturated heterocycles. The Hall–Kier alpha value is -3.02. The van der Waals surface area contributed by atoms with Crippen LogP contribution in [-0.2, 0) is 0 Å². The number of benzene rings is 1. The van der Waals surface area contributed by atoms with Gasteiger partial charge in [-0.15, -0.1) is 0 Å². The largest absolute Gasteiger partial charge is 0.339 e. The molecule has 0 saturated carbocycles. The molecule has 0 spiro atoms. The summed E-state index contributed by atoms with van der Waals surface area (Å²) in [7, 11) is 0. The fourth-order valence-corrected chi connectivity index (χ4v) is 2.66. The Kier molecular flexibility index (Phi) is 2.97. The van der Waals surface area contributed by atoms with Crippen molar-refractivity contribution in [3.05, 3.63) is 53.7 Å². The molecule has 114 valence electrons. The summed E-state index contributed by atoms with van der Waals surface area (Å²) in [6.07, 6.45) is 1.78. The van der Waals surface area contributed by atoms with Gasteiger partial charge in [0.15, 0.2) is 5.65 Å². The van der Waals surface area contributed by atoms with Crippen LogP contribution in [0.5, 0.6) is 0 Å². The molecule has 6 nitrogen and oxygen atoms in total. The van der Waals surface area contributed by atoms with Gasteiger partial charge < -0.3 is 4.52 Å². The van der Waals surface area contributed by atoms with Crippen LogP contribution >= 0.6 is 0 Å². The third-order valence-electron chi connectivity index (χ3n) is 3.79. The molecule has 0 aliphatic carbocycles. The van der Waals surface area contributed by atoms with Crippen molar-refractivity contribution in [2.75, 3.05) is 0 Å². The quantitative estimate of drug-likeness (QED) is 0.568. The Balaban J connectivity index is 1.97. The van der Waals surface area contributed by atoms with E-state index in [1.165, 1.54) is 5.56 Å². The van der Waals surface area contributed by atoms with Crippen LogP contribution in [0.25, 0.3) is 28.3 Å². The Labute approximate surface area is 132 Å². The number of hydrogen-bond acceptors (Lipinski definition) is 5. The number of nitrogens with zero attached hydrogens (tertiary/aromatic N) is 5. The van der Waals surface area contributed by atoms with Gasteiger partial charge in [0.2, 0.25) is 11.7 Å². The second-order valence-corrected chi connectivity index (χ2v) is 5.53. The molecule has 0 atom stereocenters. The van der Waals surface area contributed by atoms with Gasteiger partial charge in [0.25, 0.3) is 0 Å². The van der Waals surface area contributed by atoms with E-state index in [1.54, 1.807) is 13.1 Å². The van der Waals surface area contributed by atoms with Crippen LogP contribution < -0.4 is 0 Å². The highest BCUT2D eigenvalue weighted by atomic mass is 16.5. The molecule has 6 heteroatoms. The van der Waals surface area contributed by atoms with Gasteiger partial charge in [-0.05, 0) is 19.9 Å². The molecule has 4 rings (SSSR count). The molecule has 3 heterocycles. The van der Waals surface area contributed by atoms with Crippen molar-refractivity contribution in [2.45, 2.75) is 20.8 Å². The van der Waals surface area contributed by atoms with Crippen LogP contribution in [0.2, 0.25) is 0 Å². The molecule has 1 aromatic carbocycles. The molecule has 0 amide bonds. The summed E-state index contributed by atoms with van der Waals surface area (Å²) in [6, 6.07) is 10.3. The number of fused-ring (bicyclic) bond motifs is 1. The normalized spacial score (nSPS) is 11.3. The minimum absolute atomic E-state index is 0.517. The van der Waals surface area contributed by atoms with Crippen molar-refractivity contribution in [3.8, 4) is 22.6 Å². The van der Waals surface area contributed by atoms with Crippen LogP contribution in [0, 0.1) is 20.8 Å². The van der Waals surface area contributed by atoms with Gasteiger partial charge in [-0.25, -0.2) is 9.50 Å². The first-order valence-electron chi connectivity index (χ1n) is 7.35. The Morgan fingerprint density at radius 3 is 2.48 bits per heavy atom. The summed E-state index contributed by atoms with van der Waals surface area (Å²) < 4.78 is 6.93. The third kappa shape index (κ3) is 2.19. The zero-order chi connectivity index (χ0) is 16.0. The maximum atomic E-state index is 5.09. The summed E-state index contributed by atoms with van der Waals surface area (Å²) in [4.78, 5) is 8.78. The fourth-order valence-electron chi connectivity index (χ4n) is 2.66. The summed E-state index contributed by atoms with van der Waals surface area (Å²) in [5.74, 6) is 1.04. The van der Waals surface area contributed by atoms with Crippen molar-refractivity contribution < 1.29 is 4.52 Å². The number of rotatable bonds is 2. The van der Waals surface area contributed by atoms with E-state index in [0.717, 1.165) is 28.2 Å². The maximum absolute atomic E-state index is 5.09. The molecule has 0 fully saturated rings. The highest BCUT2D eigenvalue weighted by Crippen LogP contribution is 2.28. The van der Waals surface area contributed by atoms with E-state index in [9.17, 15) is 0 Å². The van der Waals surface area contributed by atoms with Gasteiger partial charge in [-0.2, -0.15) is 10.1 Å². The summed E-state index contributed by atoms with van der Waals surface area (Å²) in [6.45, 7) is 5.76. The van der Waals surface area contributed by atoms with Crippen LogP contribution in [0.15, 0.2) is 41.1 Å². The monoisotopic (exact) mass is 305 g/mol. The smallest absolute Gasteiger partial charge is 0.223 e. The predicted octanol–water partition coefficient (Wildman–Crippen LogP) is 3.37. The first-order chi connectivity index (χ1) is 11.1. The molecular weight excluding hydrogens is 290 g/mol. The van der Waals surface area contributed by atoms with E-state index >= 15 is 0 Å². The first kappa shape index (κ1) is 13.6. The average Bonchev–Trinajstić information content (AvgIpc) is 3.10. The Morgan fingerprint density at radius 2 is 1.78 bits per heavy atom. The fraction of sp³-hybridized carbons (Fsp3) is 0.176. The molecule has 0 bridgehead atoms. The second kappa shape index (κ2) is 5.01. The van der Waals surface area contributed by atoms with Crippen molar-refractivity contribution in [1.82, 2.24) is 24.7 Å². The molecule has 0 aliphatic heterocycles. The van der Waals surface area contributed by atoms with E-state index in [-0.39, 0.29) is 0 Å². The van der Waals surface area contributed by atoms with Gasteiger partial charge in [-0.3, -0.25) is 0 Å². The summed E-state index contributed by atoms with van der Waals surface area (Å²) in [5, 5.41) is 8.63. The topological polar surface area (TPSA) is 69.1 Å². The van der Waals surface area contributed by atoms with Crippen LogP contribution in [0.4, 0.5) is 0 Å². The summed E-state index contributed by atoms with van der Waals surface area (Å²) in [5.41, 5.74) is 5.62. The zero-order valence-electron chi connectivity index (χ0n) is 13.1. The third-order valence-corrected chi connectivity index (χ3v) is 3.79. The molecule has 0 unspecified atom stereocenters. The van der Waals surface area contributed by atoms with Gasteiger partial charge in [0.05, 0.1) is 17.0 Å². The standard InChI is InChI=1S/C17H15N5O/c1-10-4-6-13(7-5-10)14-8-9-18-17-15(11(2)20-22(14)17)16-19-12(3)23-21-16/h4-9H,1-3H3. The molecule has 0 radical (unpaired) electrons. The number of aromatic nitrogens is 5. The van der Waals surface area contributed by atoms with Crippen molar-refractivity contribution in [1.29, 1.82) is 0 Å². The molecule has 3 aromatic heterocycles. The highest BCUT2D eigenvalue weighted by Gasteiger charge is 2.19. The molecular formula is C17H15N5O. The van der Waals surface area contributed by atoms with Crippen molar-refractivity contribution >= 4 is 5.65 Å². The van der Waals surface area contributed by atoms with Crippen LogP contribution in [0.3, 0.4) is 0 Å². The Morgan fingerprint density at radius 1 is 1.00 bits per heavy atom. The Bertz CT molecular complexity index is 998. The lowest BCUT2D eigenvalue weighted by molar-refractivity contribution is 0.394.